The number of rotatable bonds is 6. The molecular formula is C19H20ClN3O5. The third-order valence-electron chi connectivity index (χ3n) is 4.42. The van der Waals surface area contributed by atoms with E-state index in [4.69, 9.17) is 21.1 Å². The van der Waals surface area contributed by atoms with Gasteiger partial charge in [0.15, 0.2) is 0 Å². The molecule has 0 unspecified atom stereocenters. The van der Waals surface area contributed by atoms with Crippen LogP contribution >= 0.6 is 11.6 Å². The molecule has 9 heteroatoms. The summed E-state index contributed by atoms with van der Waals surface area (Å²) in [6, 6.07) is 9.59. The van der Waals surface area contributed by atoms with Gasteiger partial charge in [-0.1, -0.05) is 17.7 Å². The number of halogens is 1. The molecule has 28 heavy (non-hydrogen) atoms. The molecule has 0 aliphatic carbocycles. The summed E-state index contributed by atoms with van der Waals surface area (Å²) in [5.74, 6) is -0.564. The molecule has 1 saturated heterocycles. The van der Waals surface area contributed by atoms with E-state index in [9.17, 15) is 14.9 Å². The maximum absolute atomic E-state index is 12.0. The van der Waals surface area contributed by atoms with Crippen LogP contribution in [0.1, 0.15) is 15.9 Å². The van der Waals surface area contributed by atoms with Gasteiger partial charge in [-0.05, 0) is 29.8 Å². The van der Waals surface area contributed by atoms with Gasteiger partial charge >= 0.3 is 5.97 Å². The quantitative estimate of drug-likeness (QED) is 0.445. The molecule has 2 aromatic carbocycles. The zero-order valence-electron chi connectivity index (χ0n) is 15.3. The molecule has 0 spiro atoms. The Bertz CT molecular complexity index is 884. The summed E-state index contributed by atoms with van der Waals surface area (Å²) in [6.07, 6.45) is 0. The van der Waals surface area contributed by atoms with E-state index in [1.54, 1.807) is 18.2 Å². The Balaban J connectivity index is 1.89. The molecule has 0 saturated carbocycles. The Labute approximate surface area is 167 Å². The second-order valence-corrected chi connectivity index (χ2v) is 6.74. The Kier molecular flexibility index (Phi) is 6.45. The van der Waals surface area contributed by atoms with E-state index in [0.717, 1.165) is 18.7 Å². The molecule has 1 aliphatic heterocycles. The van der Waals surface area contributed by atoms with Crippen LogP contribution in [0.15, 0.2) is 36.4 Å². The third kappa shape index (κ3) is 4.78. The van der Waals surface area contributed by atoms with E-state index in [0.29, 0.717) is 30.5 Å². The van der Waals surface area contributed by atoms with Crippen molar-refractivity contribution in [3.8, 4) is 0 Å². The first-order chi connectivity index (χ1) is 13.5. The Morgan fingerprint density at radius 3 is 2.68 bits per heavy atom. The molecule has 2 aromatic rings. The van der Waals surface area contributed by atoms with Gasteiger partial charge in [0.2, 0.25) is 0 Å². The van der Waals surface area contributed by atoms with Crippen LogP contribution < -0.4 is 5.32 Å². The minimum absolute atomic E-state index is 0.0819. The van der Waals surface area contributed by atoms with Gasteiger partial charge in [-0.2, -0.15) is 0 Å². The number of anilines is 2. The van der Waals surface area contributed by atoms with Crippen LogP contribution in [-0.4, -0.2) is 49.2 Å². The fourth-order valence-corrected chi connectivity index (χ4v) is 3.17. The number of carbonyl (C=O) groups excluding carboxylic acids is 1. The van der Waals surface area contributed by atoms with Gasteiger partial charge in [0.1, 0.15) is 5.69 Å². The van der Waals surface area contributed by atoms with Crippen LogP contribution in [0.25, 0.3) is 0 Å². The lowest BCUT2D eigenvalue weighted by Gasteiger charge is -2.26. The predicted molar refractivity (Wildman–Crippen MR) is 105 cm³/mol. The maximum Gasteiger partial charge on any atom is 0.339 e. The van der Waals surface area contributed by atoms with Crippen molar-refractivity contribution in [1.29, 1.82) is 0 Å². The second-order valence-electron chi connectivity index (χ2n) is 6.30. The predicted octanol–water partition coefficient (Wildman–Crippen LogP) is 3.61. The number of esters is 1. The number of hydrogen-bond donors (Lipinski definition) is 1. The van der Waals surface area contributed by atoms with Crippen molar-refractivity contribution in [3.05, 3.63) is 62.7 Å². The van der Waals surface area contributed by atoms with Gasteiger partial charge in [0, 0.05) is 30.7 Å². The van der Waals surface area contributed by atoms with E-state index < -0.39 is 10.9 Å². The Hall–Kier alpha value is -2.68. The highest BCUT2D eigenvalue weighted by molar-refractivity contribution is 6.31. The lowest BCUT2D eigenvalue weighted by Crippen LogP contribution is -2.35. The number of nitro benzene ring substituents is 1. The van der Waals surface area contributed by atoms with Crippen LogP contribution in [0.5, 0.6) is 0 Å². The highest BCUT2D eigenvalue weighted by Crippen LogP contribution is 2.32. The van der Waals surface area contributed by atoms with Crippen molar-refractivity contribution in [3.63, 3.8) is 0 Å². The number of nitrogens with one attached hydrogen (secondary N) is 1. The number of morpholine rings is 1. The van der Waals surface area contributed by atoms with Crippen molar-refractivity contribution < 1.29 is 19.2 Å². The van der Waals surface area contributed by atoms with E-state index in [-0.39, 0.29) is 16.9 Å². The smallest absolute Gasteiger partial charge is 0.339 e. The zero-order valence-corrected chi connectivity index (χ0v) is 16.1. The average molecular weight is 406 g/mol. The number of hydrogen-bond acceptors (Lipinski definition) is 7. The molecule has 1 fully saturated rings. The summed E-state index contributed by atoms with van der Waals surface area (Å²) in [5.41, 5.74) is 1.59. The summed E-state index contributed by atoms with van der Waals surface area (Å²) >= 11 is 6.03. The second kappa shape index (κ2) is 9.01. The summed E-state index contributed by atoms with van der Waals surface area (Å²) in [4.78, 5) is 25.3. The summed E-state index contributed by atoms with van der Waals surface area (Å²) < 4.78 is 10.1. The van der Waals surface area contributed by atoms with Crippen LogP contribution in [0, 0.1) is 10.1 Å². The maximum atomic E-state index is 12.0. The lowest BCUT2D eigenvalue weighted by molar-refractivity contribution is -0.384. The van der Waals surface area contributed by atoms with Gasteiger partial charge in [0.05, 0.1) is 36.5 Å². The van der Waals surface area contributed by atoms with Gasteiger partial charge in [0.25, 0.3) is 5.69 Å². The van der Waals surface area contributed by atoms with Crippen molar-refractivity contribution in [2.45, 2.75) is 6.54 Å². The van der Waals surface area contributed by atoms with Crippen LogP contribution in [-0.2, 0) is 16.0 Å². The SMILES string of the molecule is COC(=O)c1ccc(Cl)cc1Nc1ccc(CN2CCOCC2)cc1[N+](=O)[O-]. The number of ether oxygens (including phenoxy) is 2. The summed E-state index contributed by atoms with van der Waals surface area (Å²) in [5, 5.41) is 15.0. The molecule has 3 rings (SSSR count). The van der Waals surface area contributed by atoms with Crippen molar-refractivity contribution in [2.75, 3.05) is 38.7 Å². The first-order valence-electron chi connectivity index (χ1n) is 8.70. The van der Waals surface area contributed by atoms with E-state index in [1.165, 1.54) is 19.2 Å². The molecule has 0 aromatic heterocycles. The van der Waals surface area contributed by atoms with Gasteiger partial charge in [-0.15, -0.1) is 0 Å². The van der Waals surface area contributed by atoms with Gasteiger partial charge < -0.3 is 14.8 Å². The van der Waals surface area contributed by atoms with E-state index >= 15 is 0 Å². The average Bonchev–Trinajstić information content (AvgIpc) is 2.69. The molecule has 1 N–H and O–H groups in total. The summed E-state index contributed by atoms with van der Waals surface area (Å²) in [6.45, 7) is 3.51. The normalized spacial score (nSPS) is 14.5. The molecule has 0 amide bonds. The summed E-state index contributed by atoms with van der Waals surface area (Å²) in [7, 11) is 1.27. The first-order valence-corrected chi connectivity index (χ1v) is 9.08. The van der Waals surface area contributed by atoms with E-state index in [2.05, 4.69) is 10.2 Å². The van der Waals surface area contributed by atoms with Crippen molar-refractivity contribution in [2.24, 2.45) is 0 Å². The number of benzene rings is 2. The third-order valence-corrected chi connectivity index (χ3v) is 4.66. The largest absolute Gasteiger partial charge is 0.465 e. The topological polar surface area (TPSA) is 93.9 Å². The highest BCUT2D eigenvalue weighted by Gasteiger charge is 2.20. The molecular weight excluding hydrogens is 386 g/mol. The fourth-order valence-electron chi connectivity index (χ4n) is 3.00. The van der Waals surface area contributed by atoms with Gasteiger partial charge in [-0.3, -0.25) is 15.0 Å². The van der Waals surface area contributed by atoms with E-state index in [1.807, 2.05) is 6.07 Å². The molecule has 8 nitrogen and oxygen atoms in total. The first kappa shape index (κ1) is 20.1. The number of nitrogens with zero attached hydrogens (tertiary/aromatic N) is 2. The molecule has 0 bridgehead atoms. The number of carbonyl (C=O) groups is 1. The zero-order chi connectivity index (χ0) is 20.1. The molecule has 0 radical (unpaired) electrons. The Morgan fingerprint density at radius 1 is 1.25 bits per heavy atom. The van der Waals surface area contributed by atoms with Crippen LogP contribution in [0.2, 0.25) is 5.02 Å². The van der Waals surface area contributed by atoms with Crippen LogP contribution in [0.3, 0.4) is 0 Å². The minimum Gasteiger partial charge on any atom is -0.465 e. The Morgan fingerprint density at radius 2 is 2.00 bits per heavy atom. The molecule has 1 heterocycles. The molecule has 148 valence electrons. The lowest BCUT2D eigenvalue weighted by atomic mass is 10.1. The minimum atomic E-state index is -0.564. The van der Waals surface area contributed by atoms with Crippen molar-refractivity contribution >= 4 is 34.6 Å². The molecule has 0 atom stereocenters. The fraction of sp³-hybridized carbons (Fsp3) is 0.316. The van der Waals surface area contributed by atoms with Gasteiger partial charge in [-0.25, -0.2) is 4.79 Å². The highest BCUT2D eigenvalue weighted by atomic mass is 35.5. The molecule has 1 aliphatic rings. The number of methoxy groups -OCH3 is 1. The van der Waals surface area contributed by atoms with Crippen LogP contribution in [0.4, 0.5) is 17.1 Å². The standard InChI is InChI=1S/C19H20ClN3O5/c1-27-19(24)15-4-3-14(20)11-17(15)21-16-5-2-13(10-18(16)23(25)26)12-22-6-8-28-9-7-22/h2-5,10-11,21H,6-9,12H2,1H3. The van der Waals surface area contributed by atoms with Crippen molar-refractivity contribution in [1.82, 2.24) is 4.90 Å². The monoisotopic (exact) mass is 405 g/mol. The number of nitro groups is 1.